The zero-order valence-electron chi connectivity index (χ0n) is 13.3. The number of nitrogens with two attached hydrogens (primary N) is 1. The lowest BCUT2D eigenvalue weighted by Gasteiger charge is -2.39. The van der Waals surface area contributed by atoms with E-state index in [2.05, 4.69) is 30.9 Å². The van der Waals surface area contributed by atoms with Gasteiger partial charge >= 0.3 is 0 Å². The summed E-state index contributed by atoms with van der Waals surface area (Å²) in [6, 6.07) is 6.13. The Morgan fingerprint density at radius 3 is 2.57 bits per heavy atom. The molecule has 1 aromatic carbocycles. The first-order chi connectivity index (χ1) is 9.97. The first-order valence-electron chi connectivity index (χ1n) is 7.66. The van der Waals surface area contributed by atoms with Crippen molar-refractivity contribution in [2.75, 3.05) is 20.2 Å². The highest BCUT2D eigenvalue weighted by Crippen LogP contribution is 2.34. The van der Waals surface area contributed by atoms with E-state index in [0.29, 0.717) is 10.4 Å². The predicted molar refractivity (Wildman–Crippen MR) is 91.8 cm³/mol. The smallest absolute Gasteiger partial charge is 0.129 e. The van der Waals surface area contributed by atoms with E-state index in [4.69, 9.17) is 22.7 Å². The molecule has 3 nitrogen and oxygen atoms in total. The Kier molecular flexibility index (Phi) is 5.22. The highest BCUT2D eigenvalue weighted by Gasteiger charge is 2.28. The predicted octanol–water partition coefficient (Wildman–Crippen LogP) is 3.34. The molecule has 0 bridgehead atoms. The van der Waals surface area contributed by atoms with Crippen molar-refractivity contribution in [1.82, 2.24) is 4.90 Å². The number of ether oxygens (including phenoxy) is 1. The minimum atomic E-state index is 0.384. The van der Waals surface area contributed by atoms with E-state index in [1.54, 1.807) is 7.11 Å². The summed E-state index contributed by atoms with van der Waals surface area (Å²) >= 11 is 5.05. The van der Waals surface area contributed by atoms with Gasteiger partial charge in [-0.3, -0.25) is 4.90 Å². The van der Waals surface area contributed by atoms with Crippen molar-refractivity contribution in [2.24, 2.45) is 11.1 Å². The van der Waals surface area contributed by atoms with E-state index in [1.807, 2.05) is 6.07 Å². The van der Waals surface area contributed by atoms with Gasteiger partial charge in [-0.25, -0.2) is 0 Å². The minimum Gasteiger partial charge on any atom is -0.496 e. The number of nitrogens with zero attached hydrogens (tertiary/aromatic N) is 1. The summed E-state index contributed by atoms with van der Waals surface area (Å²) in [7, 11) is 1.66. The van der Waals surface area contributed by atoms with Gasteiger partial charge in [-0.15, -0.1) is 0 Å². The van der Waals surface area contributed by atoms with Gasteiger partial charge in [-0.2, -0.15) is 0 Å². The standard InChI is InChI=1S/C17H26N2OS/c1-4-17(2)7-9-19(10-8-17)12-13-5-6-14(16(18)21)15(11-13)20-3/h5-6,11H,4,7-10,12H2,1-3H3,(H2,18,21). The molecule has 0 spiro atoms. The third kappa shape index (κ3) is 3.95. The second-order valence-electron chi connectivity index (χ2n) is 6.34. The van der Waals surface area contributed by atoms with Crippen molar-refractivity contribution in [3.63, 3.8) is 0 Å². The van der Waals surface area contributed by atoms with Crippen molar-refractivity contribution in [3.8, 4) is 5.75 Å². The van der Waals surface area contributed by atoms with E-state index in [-0.39, 0.29) is 0 Å². The third-order valence-corrected chi connectivity index (χ3v) is 5.07. The molecule has 0 saturated carbocycles. The molecule has 0 amide bonds. The van der Waals surface area contributed by atoms with Gasteiger partial charge in [-0.05, 0) is 49.0 Å². The molecule has 1 heterocycles. The summed E-state index contributed by atoms with van der Waals surface area (Å²) in [6.45, 7) is 8.01. The molecule has 1 aliphatic rings. The van der Waals surface area contributed by atoms with Crippen molar-refractivity contribution >= 4 is 17.2 Å². The number of benzene rings is 1. The van der Waals surface area contributed by atoms with Gasteiger partial charge in [0.2, 0.25) is 0 Å². The quantitative estimate of drug-likeness (QED) is 0.847. The number of thiocarbonyl (C=S) groups is 1. The maximum Gasteiger partial charge on any atom is 0.129 e. The van der Waals surface area contributed by atoms with Crippen LogP contribution in [0.15, 0.2) is 18.2 Å². The lowest BCUT2D eigenvalue weighted by atomic mass is 9.78. The molecule has 1 aliphatic heterocycles. The first kappa shape index (κ1) is 16.2. The molecule has 2 N–H and O–H groups in total. The Labute approximate surface area is 133 Å². The van der Waals surface area contributed by atoms with Crippen LogP contribution in [0.4, 0.5) is 0 Å². The highest BCUT2D eigenvalue weighted by atomic mass is 32.1. The van der Waals surface area contributed by atoms with Crippen LogP contribution in [0.2, 0.25) is 0 Å². The van der Waals surface area contributed by atoms with Crippen LogP contribution < -0.4 is 10.5 Å². The van der Waals surface area contributed by atoms with Crippen molar-refractivity contribution in [2.45, 2.75) is 39.7 Å². The summed E-state index contributed by atoms with van der Waals surface area (Å²) in [4.78, 5) is 2.90. The molecule has 0 radical (unpaired) electrons. The van der Waals surface area contributed by atoms with Crippen LogP contribution in [0.1, 0.15) is 44.2 Å². The molecule has 0 aromatic heterocycles. The summed E-state index contributed by atoms with van der Waals surface area (Å²) in [5.74, 6) is 0.774. The van der Waals surface area contributed by atoms with Gasteiger partial charge in [0.1, 0.15) is 10.7 Å². The minimum absolute atomic E-state index is 0.384. The zero-order chi connectivity index (χ0) is 15.5. The molecule has 4 heteroatoms. The van der Waals surface area contributed by atoms with Crippen molar-refractivity contribution in [1.29, 1.82) is 0 Å². The maximum absolute atomic E-state index is 5.71. The van der Waals surface area contributed by atoms with E-state index in [9.17, 15) is 0 Å². The SMILES string of the molecule is CCC1(C)CCN(Cc2ccc(C(N)=S)c(OC)c2)CC1. The highest BCUT2D eigenvalue weighted by molar-refractivity contribution is 7.80. The Morgan fingerprint density at radius 1 is 1.38 bits per heavy atom. The average molecular weight is 306 g/mol. The molecule has 0 aliphatic carbocycles. The van der Waals surface area contributed by atoms with Gasteiger partial charge in [0.15, 0.2) is 0 Å². The van der Waals surface area contributed by atoms with Crippen molar-refractivity contribution < 1.29 is 4.74 Å². The third-order valence-electron chi connectivity index (χ3n) is 4.85. The van der Waals surface area contributed by atoms with Gasteiger partial charge in [-0.1, -0.05) is 38.6 Å². The van der Waals surface area contributed by atoms with Crippen molar-refractivity contribution in [3.05, 3.63) is 29.3 Å². The van der Waals surface area contributed by atoms with E-state index in [1.165, 1.54) is 37.9 Å². The van der Waals surface area contributed by atoms with Crippen LogP contribution in [0.3, 0.4) is 0 Å². The Hall–Kier alpha value is -1.13. The van der Waals surface area contributed by atoms with Crippen LogP contribution in [0, 0.1) is 5.41 Å². The maximum atomic E-state index is 5.71. The second-order valence-corrected chi connectivity index (χ2v) is 6.78. The van der Waals surface area contributed by atoms with Crippen LogP contribution in [0.5, 0.6) is 5.75 Å². The van der Waals surface area contributed by atoms with Gasteiger partial charge < -0.3 is 10.5 Å². The Bertz CT molecular complexity index is 508. The lowest BCUT2D eigenvalue weighted by molar-refractivity contribution is 0.109. The largest absolute Gasteiger partial charge is 0.496 e. The molecule has 1 aromatic rings. The number of methoxy groups -OCH3 is 1. The fraction of sp³-hybridized carbons (Fsp3) is 0.588. The summed E-state index contributed by atoms with van der Waals surface area (Å²) in [5, 5.41) is 0. The molecule has 2 rings (SSSR count). The van der Waals surface area contributed by atoms with E-state index >= 15 is 0 Å². The fourth-order valence-electron chi connectivity index (χ4n) is 2.90. The second kappa shape index (κ2) is 6.75. The molecular weight excluding hydrogens is 280 g/mol. The summed E-state index contributed by atoms with van der Waals surface area (Å²) in [5.41, 5.74) is 8.31. The first-order valence-corrected chi connectivity index (χ1v) is 8.07. The van der Waals surface area contributed by atoms with Crippen LogP contribution >= 0.6 is 12.2 Å². The number of hydrogen-bond donors (Lipinski definition) is 1. The average Bonchev–Trinajstić information content (AvgIpc) is 2.49. The molecule has 116 valence electrons. The van der Waals surface area contributed by atoms with Crippen LogP contribution in [-0.4, -0.2) is 30.1 Å². The number of likely N-dealkylation sites (tertiary alicyclic amines) is 1. The van der Waals surface area contributed by atoms with Crippen LogP contribution in [-0.2, 0) is 6.54 Å². The molecular formula is C17H26N2OS. The lowest BCUT2D eigenvalue weighted by Crippen LogP contribution is -2.37. The number of rotatable bonds is 5. The van der Waals surface area contributed by atoms with Gasteiger partial charge in [0.05, 0.1) is 12.7 Å². The zero-order valence-corrected chi connectivity index (χ0v) is 14.1. The molecule has 0 atom stereocenters. The van der Waals surface area contributed by atoms with E-state index in [0.717, 1.165) is 17.9 Å². The Balaban J connectivity index is 2.03. The molecule has 1 fully saturated rings. The van der Waals surface area contributed by atoms with Gasteiger partial charge in [0.25, 0.3) is 0 Å². The molecule has 21 heavy (non-hydrogen) atoms. The summed E-state index contributed by atoms with van der Waals surface area (Å²) in [6.07, 6.45) is 3.84. The fourth-order valence-corrected chi connectivity index (χ4v) is 3.07. The van der Waals surface area contributed by atoms with Gasteiger partial charge in [0, 0.05) is 6.54 Å². The topological polar surface area (TPSA) is 38.5 Å². The molecule has 1 saturated heterocycles. The normalized spacial score (nSPS) is 18.4. The number of piperidine rings is 1. The Morgan fingerprint density at radius 2 is 2.05 bits per heavy atom. The monoisotopic (exact) mass is 306 g/mol. The van der Waals surface area contributed by atoms with E-state index < -0.39 is 0 Å². The molecule has 0 unspecified atom stereocenters. The summed E-state index contributed by atoms with van der Waals surface area (Å²) < 4.78 is 5.40. The van der Waals surface area contributed by atoms with Crippen LogP contribution in [0.25, 0.3) is 0 Å². The number of hydrogen-bond acceptors (Lipinski definition) is 3.